The maximum Gasteiger partial charge on any atom is 1.00 e. The van der Waals surface area contributed by atoms with Crippen LogP contribution in [0.2, 0.25) is 0 Å². The number of aliphatic hydroxyl groups excluding tert-OH is 1. The standard InChI is InChI=1S/C6H2.C2H4NO4P.Na.4H2/c1-3-5-6-4-2;3-1(4)8(7)2(5)6;;;;;/h1-2H;2,5H,(H2,3,4);;4*1H/q;;+1;;;;. The molecule has 15 heavy (non-hydrogen) atoms. The van der Waals surface area contributed by atoms with Crippen LogP contribution in [-0.4, -0.2) is 16.8 Å². The summed E-state index contributed by atoms with van der Waals surface area (Å²) in [5.74, 6) is 8.61. The average Bonchev–Trinajstić information content (AvgIpc) is 2.14. The van der Waals surface area contributed by atoms with Crippen LogP contribution in [0, 0.1) is 36.5 Å². The van der Waals surface area contributed by atoms with Crippen LogP contribution in [0.25, 0.3) is 0 Å². The summed E-state index contributed by atoms with van der Waals surface area (Å²) in [4.78, 5) is 9.72. The predicted octanol–water partition coefficient (Wildman–Crippen LogP) is -3.23. The van der Waals surface area contributed by atoms with Crippen molar-refractivity contribution in [1.82, 2.24) is 0 Å². The van der Waals surface area contributed by atoms with Crippen LogP contribution in [0.3, 0.4) is 0 Å². The van der Waals surface area contributed by atoms with Crippen molar-refractivity contribution in [2.75, 3.05) is 0 Å². The normalized spacial score (nSPS) is 9.20. The molecule has 0 radical (unpaired) electrons. The van der Waals surface area contributed by atoms with Gasteiger partial charge in [0.2, 0.25) is 6.03 Å². The third-order valence-corrected chi connectivity index (χ3v) is 1.46. The zero-order valence-electron chi connectivity index (χ0n) is 7.93. The number of terminal acetylenes is 2. The number of carbonyl (C=O) groups is 1. The van der Waals surface area contributed by atoms with Crippen LogP contribution in [0.5, 0.6) is 0 Å². The molecule has 0 saturated carbocycles. The van der Waals surface area contributed by atoms with Crippen LogP contribution < -0.4 is 40.4 Å². The van der Waals surface area contributed by atoms with Crippen LogP contribution in [0.15, 0.2) is 0 Å². The van der Waals surface area contributed by atoms with Crippen molar-refractivity contribution < 1.29 is 54.8 Å². The summed E-state index contributed by atoms with van der Waals surface area (Å²) < 4.78 is 9.95. The summed E-state index contributed by atoms with van der Waals surface area (Å²) in [5.41, 5.74) is 3.09. The van der Waals surface area contributed by atoms with Crippen molar-refractivity contribution in [3.8, 4) is 36.5 Å². The summed E-state index contributed by atoms with van der Waals surface area (Å²) in [7, 11) is -2.81. The van der Waals surface area contributed by atoms with E-state index >= 15 is 0 Å². The predicted molar refractivity (Wildman–Crippen MR) is 57.1 cm³/mol. The Morgan fingerprint density at radius 3 is 1.87 bits per heavy atom. The zero-order valence-corrected chi connectivity index (χ0v) is 10.8. The van der Waals surface area contributed by atoms with E-state index in [9.17, 15) is 14.5 Å². The summed E-state index contributed by atoms with van der Waals surface area (Å²) in [5, 5.41) is 17.5. The minimum Gasteiger partial charge on any atom is -0.790 e. The van der Waals surface area contributed by atoms with Crippen LogP contribution >= 0.6 is 7.80 Å². The Kier molecular flexibility index (Phi) is 17.3. The Balaban J connectivity index is -0.0000000245. The Bertz CT molecular complexity index is 352. The van der Waals surface area contributed by atoms with Gasteiger partial charge in [0.15, 0.2) is 0 Å². The minimum atomic E-state index is -2.81. The Hall–Kier alpha value is -0.830. The van der Waals surface area contributed by atoms with Crippen molar-refractivity contribution in [3.05, 3.63) is 0 Å². The molecule has 0 aromatic carbocycles. The van der Waals surface area contributed by atoms with Crippen molar-refractivity contribution in [2.24, 2.45) is 5.73 Å². The molecule has 3 N–H and O–H groups in total. The molecule has 80 valence electrons. The molecule has 1 amide bonds. The molecule has 0 aromatic rings. The number of primary amides is 1. The van der Waals surface area contributed by atoms with Gasteiger partial charge in [0.05, 0.1) is 0 Å². The molecule has 0 aliphatic carbocycles. The quantitative estimate of drug-likeness (QED) is 0.230. The fraction of sp³-hybridized carbons (Fsp3) is 0.125. The van der Waals surface area contributed by atoms with E-state index in [1.165, 1.54) is 0 Å². The van der Waals surface area contributed by atoms with Gasteiger partial charge in [-0.05, 0) is 23.7 Å². The van der Waals surface area contributed by atoms with Gasteiger partial charge in [-0.3, -0.25) is 0 Å². The van der Waals surface area contributed by atoms with Crippen LogP contribution in [0.4, 0.5) is 4.79 Å². The molecule has 0 aromatic heterocycles. The van der Waals surface area contributed by atoms with Crippen LogP contribution in [0.1, 0.15) is 5.71 Å². The van der Waals surface area contributed by atoms with Gasteiger partial charge in [-0.25, -0.2) is 4.79 Å². The van der Waals surface area contributed by atoms with Crippen molar-refractivity contribution in [1.29, 1.82) is 0 Å². The molecule has 0 heterocycles. The number of amides is 1. The summed E-state index contributed by atoms with van der Waals surface area (Å²) in [6, 6.07) is -2.37. The van der Waals surface area contributed by atoms with Gasteiger partial charge in [0.25, 0.3) is 0 Å². The molecule has 0 fully saturated rings. The number of aliphatic hydroxyl groups is 1. The van der Waals surface area contributed by atoms with E-state index in [2.05, 4.69) is 29.4 Å². The third kappa shape index (κ3) is 15.9. The molecular weight excluding hydrogens is 228 g/mol. The first-order valence-electron chi connectivity index (χ1n) is 2.98. The van der Waals surface area contributed by atoms with Gasteiger partial charge < -0.3 is 15.9 Å². The number of carbonyl (C=O) groups excluding carboxylic acids is 1. The molecule has 0 rings (SSSR count). The van der Waals surface area contributed by atoms with Gasteiger partial charge in [0.1, 0.15) is 0 Å². The number of hydrogen-bond donors (Lipinski definition) is 2. The molecule has 5 nitrogen and oxygen atoms in total. The Labute approximate surface area is 116 Å². The second kappa shape index (κ2) is 13.2. The first kappa shape index (κ1) is 19.7. The van der Waals surface area contributed by atoms with E-state index in [-0.39, 0.29) is 35.3 Å². The fourth-order valence-corrected chi connectivity index (χ4v) is 0.399. The second-order valence-corrected chi connectivity index (χ2v) is 3.06. The zero-order chi connectivity index (χ0) is 11.6. The maximum absolute atomic E-state index is 9.95. The van der Waals surface area contributed by atoms with Crippen molar-refractivity contribution in [2.45, 2.75) is 6.03 Å². The fourth-order valence-electron chi connectivity index (χ4n) is 0.181. The molecule has 0 aliphatic heterocycles. The second-order valence-electron chi connectivity index (χ2n) is 1.53. The first-order chi connectivity index (χ1) is 6.47. The molecule has 0 spiro atoms. The largest absolute Gasteiger partial charge is 1.00 e. The first-order valence-corrected chi connectivity index (χ1v) is 4.31. The molecule has 7 heteroatoms. The number of hydrogen-bond acceptors (Lipinski definition) is 4. The molecular formula is C8H14NNaO4P+. The molecule has 2 atom stereocenters. The van der Waals surface area contributed by atoms with E-state index in [4.69, 9.17) is 18.0 Å². The van der Waals surface area contributed by atoms with Crippen molar-refractivity contribution >= 4 is 13.4 Å². The number of nitrogens with two attached hydrogens (primary N) is 1. The Morgan fingerprint density at radius 1 is 1.47 bits per heavy atom. The van der Waals surface area contributed by atoms with Gasteiger partial charge in [0, 0.05) is 5.71 Å². The smallest absolute Gasteiger partial charge is 0.790 e. The SMILES string of the molecule is C#CC#CC#C.NC(=O)[P+](=O)C([O-])O.[HH].[HH].[HH].[HH].[Na+]. The topological polar surface area (TPSA) is 103 Å². The summed E-state index contributed by atoms with van der Waals surface area (Å²) >= 11 is 0. The Morgan fingerprint density at radius 2 is 1.80 bits per heavy atom. The molecule has 0 bridgehead atoms. The van der Waals surface area contributed by atoms with Gasteiger partial charge in [-0.2, -0.15) is 0 Å². The maximum atomic E-state index is 9.95. The molecule has 0 saturated heterocycles. The average molecular weight is 242 g/mol. The van der Waals surface area contributed by atoms with Gasteiger partial charge in [-0.15, -0.1) is 12.8 Å². The third-order valence-electron chi connectivity index (χ3n) is 0.625. The number of rotatable bonds is 2. The monoisotopic (exact) mass is 242 g/mol. The van der Waals surface area contributed by atoms with E-state index in [0.29, 0.717) is 0 Å². The van der Waals surface area contributed by atoms with E-state index in [0.717, 1.165) is 0 Å². The summed E-state index contributed by atoms with van der Waals surface area (Å²) in [6.07, 6.45) is 9.39. The van der Waals surface area contributed by atoms with E-state index in [1.807, 2.05) is 0 Å². The van der Waals surface area contributed by atoms with Crippen LogP contribution in [-0.2, 0) is 4.57 Å². The van der Waals surface area contributed by atoms with E-state index < -0.39 is 19.5 Å². The summed E-state index contributed by atoms with van der Waals surface area (Å²) in [6.45, 7) is 0. The van der Waals surface area contributed by atoms with E-state index in [1.54, 1.807) is 0 Å². The van der Waals surface area contributed by atoms with Crippen molar-refractivity contribution in [3.63, 3.8) is 0 Å². The van der Waals surface area contributed by atoms with Gasteiger partial charge in [-0.1, -0.05) is 4.57 Å². The minimum absolute atomic E-state index is 0. The molecule has 0 aliphatic rings. The van der Waals surface area contributed by atoms with Gasteiger partial charge >= 0.3 is 43.0 Å². The molecule has 2 unspecified atom stereocenters.